The lowest BCUT2D eigenvalue weighted by Gasteiger charge is -2.14. The van der Waals surface area contributed by atoms with Gasteiger partial charge in [0.05, 0.1) is 12.3 Å². The number of rotatable bonds is 3. The molecule has 1 aliphatic carbocycles. The van der Waals surface area contributed by atoms with Gasteiger partial charge in [-0.3, -0.25) is 4.79 Å². The van der Waals surface area contributed by atoms with Crippen LogP contribution < -0.4 is 5.56 Å². The summed E-state index contributed by atoms with van der Waals surface area (Å²) in [6, 6.07) is 1.60. The molecule has 0 bridgehead atoms. The maximum Gasteiger partial charge on any atom is 0.266 e. The lowest BCUT2D eigenvalue weighted by Crippen LogP contribution is -2.24. The Kier molecular flexibility index (Phi) is 3.39. The molecule has 2 unspecified atom stereocenters. The monoisotopic (exact) mass is 222 g/mol. The molecule has 1 fully saturated rings. The van der Waals surface area contributed by atoms with Crippen molar-refractivity contribution in [2.45, 2.75) is 45.3 Å². The summed E-state index contributed by atoms with van der Waals surface area (Å²) >= 11 is 0. The molecular weight excluding hydrogens is 204 g/mol. The van der Waals surface area contributed by atoms with Gasteiger partial charge >= 0.3 is 0 Å². The summed E-state index contributed by atoms with van der Waals surface area (Å²) in [7, 11) is 0. The Morgan fingerprint density at radius 1 is 1.56 bits per heavy atom. The Morgan fingerprint density at radius 3 is 3.00 bits per heavy atom. The highest BCUT2D eigenvalue weighted by Crippen LogP contribution is 2.28. The third kappa shape index (κ3) is 2.50. The lowest BCUT2D eigenvalue weighted by molar-refractivity contribution is 0.124. The van der Waals surface area contributed by atoms with Gasteiger partial charge in [-0.1, -0.05) is 6.42 Å². The van der Waals surface area contributed by atoms with E-state index in [1.54, 1.807) is 12.3 Å². The molecule has 4 nitrogen and oxygen atoms in total. The summed E-state index contributed by atoms with van der Waals surface area (Å²) in [5, 5.41) is 13.8. The molecule has 1 aliphatic rings. The highest BCUT2D eigenvalue weighted by molar-refractivity contribution is 5.02. The van der Waals surface area contributed by atoms with Crippen LogP contribution in [0.25, 0.3) is 0 Å². The molecular formula is C12H18N2O2. The van der Waals surface area contributed by atoms with Crippen LogP contribution in [0.1, 0.15) is 31.2 Å². The van der Waals surface area contributed by atoms with E-state index >= 15 is 0 Å². The van der Waals surface area contributed by atoms with Crippen molar-refractivity contribution in [2.75, 3.05) is 0 Å². The van der Waals surface area contributed by atoms with E-state index in [0.29, 0.717) is 12.5 Å². The summed E-state index contributed by atoms with van der Waals surface area (Å²) in [5.74, 6) is 0.343. The van der Waals surface area contributed by atoms with Crippen LogP contribution in [-0.2, 0) is 6.54 Å². The summed E-state index contributed by atoms with van der Waals surface area (Å²) in [5.41, 5.74) is 0.842. The number of nitrogens with zero attached hydrogens (tertiary/aromatic N) is 2. The highest BCUT2D eigenvalue weighted by atomic mass is 16.3. The maximum atomic E-state index is 11.6. The fourth-order valence-electron chi connectivity index (χ4n) is 2.33. The zero-order valence-corrected chi connectivity index (χ0v) is 9.59. The Hall–Kier alpha value is -1.16. The van der Waals surface area contributed by atoms with Gasteiger partial charge in [-0.05, 0) is 37.7 Å². The predicted molar refractivity (Wildman–Crippen MR) is 61.2 cm³/mol. The molecule has 1 aromatic rings. The minimum Gasteiger partial charge on any atom is -0.393 e. The van der Waals surface area contributed by atoms with Gasteiger partial charge in [0.1, 0.15) is 0 Å². The van der Waals surface area contributed by atoms with Crippen LogP contribution in [0.3, 0.4) is 0 Å². The number of hydrogen-bond acceptors (Lipinski definition) is 3. The summed E-state index contributed by atoms with van der Waals surface area (Å²) in [6.07, 6.45) is 5.44. The first kappa shape index (κ1) is 11.3. The number of aromatic nitrogens is 2. The van der Waals surface area contributed by atoms with E-state index in [1.807, 2.05) is 6.92 Å². The van der Waals surface area contributed by atoms with Crippen LogP contribution in [0.4, 0.5) is 0 Å². The fourth-order valence-corrected chi connectivity index (χ4v) is 2.33. The van der Waals surface area contributed by atoms with E-state index in [4.69, 9.17) is 0 Å². The minimum absolute atomic E-state index is 0.0486. The number of aliphatic hydroxyl groups is 1. The predicted octanol–water partition coefficient (Wildman–Crippen LogP) is 1.10. The summed E-state index contributed by atoms with van der Waals surface area (Å²) in [6.45, 7) is 2.47. The second-order valence-electron chi connectivity index (χ2n) is 4.64. The van der Waals surface area contributed by atoms with E-state index < -0.39 is 0 Å². The number of aryl methyl sites for hydroxylation is 2. The quantitative estimate of drug-likeness (QED) is 0.833. The Bertz CT molecular complexity index is 414. The molecule has 0 aromatic carbocycles. The normalized spacial score (nSPS) is 24.9. The van der Waals surface area contributed by atoms with Crippen LogP contribution in [0.2, 0.25) is 0 Å². The van der Waals surface area contributed by atoms with Gasteiger partial charge in [-0.2, -0.15) is 5.10 Å². The Labute approximate surface area is 94.9 Å². The summed E-state index contributed by atoms with van der Waals surface area (Å²) in [4.78, 5) is 11.6. The molecule has 1 heterocycles. The SMILES string of the molecule is Cc1cnn(CCC2CCCC2O)c(=O)c1. The van der Waals surface area contributed by atoms with E-state index in [-0.39, 0.29) is 11.7 Å². The van der Waals surface area contributed by atoms with Crippen molar-refractivity contribution >= 4 is 0 Å². The molecule has 0 spiro atoms. The molecule has 0 radical (unpaired) electrons. The average Bonchev–Trinajstić information content (AvgIpc) is 2.63. The van der Waals surface area contributed by atoms with Gasteiger partial charge in [-0.25, -0.2) is 4.68 Å². The van der Waals surface area contributed by atoms with E-state index in [2.05, 4.69) is 5.10 Å². The van der Waals surface area contributed by atoms with Crippen molar-refractivity contribution in [1.29, 1.82) is 0 Å². The first-order chi connectivity index (χ1) is 7.66. The number of aliphatic hydroxyl groups excluding tert-OH is 1. The first-order valence-electron chi connectivity index (χ1n) is 5.88. The molecule has 2 rings (SSSR count). The third-order valence-corrected chi connectivity index (χ3v) is 3.34. The largest absolute Gasteiger partial charge is 0.393 e. The van der Waals surface area contributed by atoms with Crippen LogP contribution in [0.5, 0.6) is 0 Å². The fraction of sp³-hybridized carbons (Fsp3) is 0.667. The molecule has 1 aromatic heterocycles. The maximum absolute atomic E-state index is 11.6. The molecule has 0 aliphatic heterocycles. The molecule has 1 N–H and O–H groups in total. The Morgan fingerprint density at radius 2 is 2.38 bits per heavy atom. The molecule has 88 valence electrons. The zero-order chi connectivity index (χ0) is 11.5. The second kappa shape index (κ2) is 4.78. The standard InChI is InChI=1S/C12H18N2O2/c1-9-7-12(16)14(13-8-9)6-5-10-3-2-4-11(10)15/h7-8,10-11,15H,2-6H2,1H3. The topological polar surface area (TPSA) is 55.1 Å². The Balaban J connectivity index is 1.97. The smallest absolute Gasteiger partial charge is 0.266 e. The molecule has 16 heavy (non-hydrogen) atoms. The lowest BCUT2D eigenvalue weighted by atomic mass is 10.0. The molecule has 2 atom stereocenters. The van der Waals surface area contributed by atoms with Gasteiger partial charge in [0, 0.05) is 12.6 Å². The number of hydrogen-bond donors (Lipinski definition) is 1. The highest BCUT2D eigenvalue weighted by Gasteiger charge is 2.24. The zero-order valence-electron chi connectivity index (χ0n) is 9.59. The second-order valence-corrected chi connectivity index (χ2v) is 4.64. The van der Waals surface area contributed by atoms with E-state index in [1.165, 1.54) is 4.68 Å². The van der Waals surface area contributed by atoms with Crippen LogP contribution >= 0.6 is 0 Å². The molecule has 1 saturated carbocycles. The molecule has 0 amide bonds. The van der Waals surface area contributed by atoms with Crippen molar-refractivity contribution in [3.8, 4) is 0 Å². The van der Waals surface area contributed by atoms with Gasteiger partial charge in [0.2, 0.25) is 0 Å². The van der Waals surface area contributed by atoms with Crippen molar-refractivity contribution in [1.82, 2.24) is 9.78 Å². The van der Waals surface area contributed by atoms with Crippen molar-refractivity contribution in [2.24, 2.45) is 5.92 Å². The van der Waals surface area contributed by atoms with Crippen LogP contribution in [0, 0.1) is 12.8 Å². The first-order valence-corrected chi connectivity index (χ1v) is 5.88. The molecule has 4 heteroatoms. The van der Waals surface area contributed by atoms with Gasteiger partial charge < -0.3 is 5.11 Å². The van der Waals surface area contributed by atoms with E-state index in [9.17, 15) is 9.90 Å². The van der Waals surface area contributed by atoms with Crippen molar-refractivity contribution < 1.29 is 5.11 Å². The third-order valence-electron chi connectivity index (χ3n) is 3.34. The van der Waals surface area contributed by atoms with Crippen molar-refractivity contribution in [3.05, 3.63) is 28.2 Å². The molecule has 0 saturated heterocycles. The minimum atomic E-state index is -0.179. The summed E-state index contributed by atoms with van der Waals surface area (Å²) < 4.78 is 1.48. The van der Waals surface area contributed by atoms with Crippen LogP contribution in [0.15, 0.2) is 17.1 Å². The van der Waals surface area contributed by atoms with E-state index in [0.717, 1.165) is 31.2 Å². The average molecular weight is 222 g/mol. The van der Waals surface area contributed by atoms with Gasteiger partial charge in [0.25, 0.3) is 5.56 Å². The van der Waals surface area contributed by atoms with Gasteiger partial charge in [0.15, 0.2) is 0 Å². The van der Waals surface area contributed by atoms with Crippen LogP contribution in [-0.4, -0.2) is 21.0 Å². The van der Waals surface area contributed by atoms with Crippen molar-refractivity contribution in [3.63, 3.8) is 0 Å². The van der Waals surface area contributed by atoms with Gasteiger partial charge in [-0.15, -0.1) is 0 Å².